The first kappa shape index (κ1) is 20.0. The quantitative estimate of drug-likeness (QED) is 0.608. The molecular weight excluding hydrogens is 348 g/mol. The van der Waals surface area contributed by atoms with Crippen LogP contribution in [0.2, 0.25) is 0 Å². The van der Waals surface area contributed by atoms with E-state index < -0.39 is 0 Å². The number of hydrogen-bond acceptors (Lipinski definition) is 3. The number of hydrogen-bond donors (Lipinski definition) is 2. The van der Waals surface area contributed by atoms with Gasteiger partial charge in [-0.05, 0) is 89.4 Å². The number of fused-ring (bicyclic) bond motifs is 1. The van der Waals surface area contributed by atoms with E-state index in [0.29, 0.717) is 5.56 Å². The molecular formula is C23H30N4O. The van der Waals surface area contributed by atoms with Crippen LogP contribution in [-0.4, -0.2) is 42.1 Å². The van der Waals surface area contributed by atoms with E-state index in [4.69, 9.17) is 0 Å². The zero-order valence-corrected chi connectivity index (χ0v) is 17.2. The lowest BCUT2D eigenvalue weighted by atomic mass is 10.1. The molecule has 5 nitrogen and oxygen atoms in total. The molecule has 1 amide bonds. The standard InChI is InChI=1S/C23H30N4O/c1-17(2)24-23(28)18-6-8-20(9-7-18)25-21-10-11-22-19(16-21)12-15-27(22)14-5-13-26(3)4/h6-12,15-17,25H,5,13-14H2,1-4H3,(H,24,28). The van der Waals surface area contributed by atoms with Crippen LogP contribution in [0.5, 0.6) is 0 Å². The second-order valence-electron chi connectivity index (χ2n) is 7.77. The Morgan fingerprint density at radius 3 is 2.43 bits per heavy atom. The Morgan fingerprint density at radius 2 is 1.75 bits per heavy atom. The third kappa shape index (κ3) is 5.14. The van der Waals surface area contributed by atoms with Crippen LogP contribution >= 0.6 is 0 Å². The molecule has 2 N–H and O–H groups in total. The Morgan fingerprint density at radius 1 is 1.04 bits per heavy atom. The SMILES string of the molecule is CC(C)NC(=O)c1ccc(Nc2ccc3c(ccn3CCCN(C)C)c2)cc1. The first-order chi connectivity index (χ1) is 13.4. The van der Waals surface area contributed by atoms with Crippen LogP contribution in [0.15, 0.2) is 54.7 Å². The fraction of sp³-hybridized carbons (Fsp3) is 0.348. The van der Waals surface area contributed by atoms with E-state index in [1.807, 2.05) is 38.1 Å². The Labute approximate surface area is 167 Å². The van der Waals surface area contributed by atoms with E-state index in [-0.39, 0.29) is 11.9 Å². The van der Waals surface area contributed by atoms with Crippen LogP contribution in [-0.2, 0) is 6.54 Å². The predicted octanol–water partition coefficient (Wildman–Crippen LogP) is 4.47. The molecule has 5 heteroatoms. The van der Waals surface area contributed by atoms with Crippen LogP contribution in [0.3, 0.4) is 0 Å². The maximum atomic E-state index is 12.0. The van der Waals surface area contributed by atoms with Crippen LogP contribution in [0.4, 0.5) is 11.4 Å². The lowest BCUT2D eigenvalue weighted by Crippen LogP contribution is -2.29. The summed E-state index contributed by atoms with van der Waals surface area (Å²) in [4.78, 5) is 14.3. The van der Waals surface area contributed by atoms with E-state index in [2.05, 4.69) is 64.7 Å². The molecule has 0 bridgehead atoms. The lowest BCUT2D eigenvalue weighted by Gasteiger charge is -2.11. The highest BCUT2D eigenvalue weighted by Gasteiger charge is 2.07. The monoisotopic (exact) mass is 378 g/mol. The van der Waals surface area contributed by atoms with Crippen molar-refractivity contribution in [1.82, 2.24) is 14.8 Å². The van der Waals surface area contributed by atoms with Gasteiger partial charge < -0.3 is 20.1 Å². The summed E-state index contributed by atoms with van der Waals surface area (Å²) in [5, 5.41) is 7.55. The van der Waals surface area contributed by atoms with Crippen molar-refractivity contribution in [1.29, 1.82) is 0 Å². The van der Waals surface area contributed by atoms with Gasteiger partial charge in [0.15, 0.2) is 0 Å². The van der Waals surface area contributed by atoms with Crippen molar-refractivity contribution in [2.75, 3.05) is 26.0 Å². The number of rotatable bonds is 8. The Bertz CT molecular complexity index is 925. The third-order valence-electron chi connectivity index (χ3n) is 4.63. The average molecular weight is 379 g/mol. The Balaban J connectivity index is 1.67. The van der Waals surface area contributed by atoms with Crippen LogP contribution < -0.4 is 10.6 Å². The van der Waals surface area contributed by atoms with Gasteiger partial charge in [0.05, 0.1) is 0 Å². The van der Waals surface area contributed by atoms with Gasteiger partial charge >= 0.3 is 0 Å². The van der Waals surface area contributed by atoms with E-state index in [9.17, 15) is 4.79 Å². The van der Waals surface area contributed by atoms with Crippen LogP contribution in [0.25, 0.3) is 10.9 Å². The molecule has 0 saturated heterocycles. The molecule has 0 atom stereocenters. The van der Waals surface area contributed by atoms with Gasteiger partial charge in [-0.25, -0.2) is 0 Å². The first-order valence-electron chi connectivity index (χ1n) is 9.84. The summed E-state index contributed by atoms with van der Waals surface area (Å²) in [7, 11) is 4.21. The minimum Gasteiger partial charge on any atom is -0.356 e. The molecule has 28 heavy (non-hydrogen) atoms. The Kier molecular flexibility index (Phi) is 6.37. The highest BCUT2D eigenvalue weighted by molar-refractivity contribution is 5.94. The molecule has 3 aromatic rings. The second kappa shape index (κ2) is 8.93. The summed E-state index contributed by atoms with van der Waals surface area (Å²) in [5.74, 6) is -0.0430. The maximum absolute atomic E-state index is 12.0. The van der Waals surface area contributed by atoms with E-state index in [1.54, 1.807) is 0 Å². The summed E-state index contributed by atoms with van der Waals surface area (Å²) >= 11 is 0. The molecule has 148 valence electrons. The number of aromatic nitrogens is 1. The third-order valence-corrected chi connectivity index (χ3v) is 4.63. The molecule has 0 unspecified atom stereocenters. The molecule has 0 fully saturated rings. The first-order valence-corrected chi connectivity index (χ1v) is 9.84. The smallest absolute Gasteiger partial charge is 0.251 e. The van der Waals surface area contributed by atoms with Gasteiger partial charge in [0.2, 0.25) is 0 Å². The van der Waals surface area contributed by atoms with Gasteiger partial charge in [-0.1, -0.05) is 0 Å². The van der Waals surface area contributed by atoms with E-state index in [1.165, 1.54) is 10.9 Å². The molecule has 1 aromatic heterocycles. The molecule has 3 rings (SSSR count). The van der Waals surface area contributed by atoms with Gasteiger partial charge in [0.1, 0.15) is 0 Å². The number of nitrogens with zero attached hydrogens (tertiary/aromatic N) is 2. The summed E-state index contributed by atoms with van der Waals surface area (Å²) in [5.41, 5.74) is 3.93. The van der Waals surface area contributed by atoms with Crippen molar-refractivity contribution >= 4 is 28.2 Å². The summed E-state index contributed by atoms with van der Waals surface area (Å²) < 4.78 is 2.31. The summed E-state index contributed by atoms with van der Waals surface area (Å²) in [6.07, 6.45) is 3.29. The molecule has 0 aliphatic heterocycles. The molecule has 0 saturated carbocycles. The average Bonchev–Trinajstić information content (AvgIpc) is 3.04. The number of anilines is 2. The minimum atomic E-state index is -0.0430. The topological polar surface area (TPSA) is 49.3 Å². The zero-order valence-electron chi connectivity index (χ0n) is 17.2. The number of carbonyl (C=O) groups is 1. The number of aryl methyl sites for hydroxylation is 1. The van der Waals surface area contributed by atoms with Gasteiger partial charge in [0, 0.05) is 46.6 Å². The highest BCUT2D eigenvalue weighted by Crippen LogP contribution is 2.24. The van der Waals surface area contributed by atoms with Crippen molar-refractivity contribution in [3.8, 4) is 0 Å². The van der Waals surface area contributed by atoms with Crippen molar-refractivity contribution in [3.05, 3.63) is 60.3 Å². The van der Waals surface area contributed by atoms with Crippen molar-refractivity contribution in [2.45, 2.75) is 32.9 Å². The minimum absolute atomic E-state index is 0.0430. The molecule has 0 spiro atoms. The fourth-order valence-corrected chi connectivity index (χ4v) is 3.25. The van der Waals surface area contributed by atoms with E-state index in [0.717, 1.165) is 30.9 Å². The van der Waals surface area contributed by atoms with Gasteiger partial charge in [-0.2, -0.15) is 0 Å². The normalized spacial score (nSPS) is 11.4. The van der Waals surface area contributed by atoms with Crippen molar-refractivity contribution < 1.29 is 4.79 Å². The zero-order chi connectivity index (χ0) is 20.1. The van der Waals surface area contributed by atoms with Gasteiger partial charge in [0.25, 0.3) is 5.91 Å². The van der Waals surface area contributed by atoms with Crippen molar-refractivity contribution in [2.24, 2.45) is 0 Å². The van der Waals surface area contributed by atoms with Crippen molar-refractivity contribution in [3.63, 3.8) is 0 Å². The molecule has 0 radical (unpaired) electrons. The maximum Gasteiger partial charge on any atom is 0.251 e. The van der Waals surface area contributed by atoms with Crippen LogP contribution in [0, 0.1) is 0 Å². The summed E-state index contributed by atoms with van der Waals surface area (Å²) in [6, 6.07) is 16.3. The fourth-order valence-electron chi connectivity index (χ4n) is 3.25. The van der Waals surface area contributed by atoms with Crippen LogP contribution in [0.1, 0.15) is 30.6 Å². The molecule has 2 aromatic carbocycles. The summed E-state index contributed by atoms with van der Waals surface area (Å²) in [6.45, 7) is 6.03. The molecule has 0 aliphatic carbocycles. The Hall–Kier alpha value is -2.79. The predicted molar refractivity (Wildman–Crippen MR) is 117 cm³/mol. The number of nitrogens with one attached hydrogen (secondary N) is 2. The molecule has 0 aliphatic rings. The molecule has 1 heterocycles. The van der Waals surface area contributed by atoms with E-state index >= 15 is 0 Å². The number of amides is 1. The van der Waals surface area contributed by atoms with Gasteiger partial charge in [-0.3, -0.25) is 4.79 Å². The number of carbonyl (C=O) groups excluding carboxylic acids is 1. The highest BCUT2D eigenvalue weighted by atomic mass is 16.1. The second-order valence-corrected chi connectivity index (χ2v) is 7.77. The van der Waals surface area contributed by atoms with Gasteiger partial charge in [-0.15, -0.1) is 0 Å². The number of benzene rings is 2. The largest absolute Gasteiger partial charge is 0.356 e. The lowest BCUT2D eigenvalue weighted by molar-refractivity contribution is 0.0943.